The van der Waals surface area contributed by atoms with E-state index in [2.05, 4.69) is 4.98 Å². The van der Waals surface area contributed by atoms with Crippen molar-refractivity contribution in [2.24, 2.45) is 5.73 Å². The van der Waals surface area contributed by atoms with Crippen molar-refractivity contribution in [1.82, 2.24) is 9.55 Å². The molecule has 0 bridgehead atoms. The number of imidazole rings is 1. The van der Waals surface area contributed by atoms with Crippen molar-refractivity contribution in [3.63, 3.8) is 0 Å². The number of nitrogens with zero attached hydrogens (tertiary/aromatic N) is 2. The van der Waals surface area contributed by atoms with Crippen LogP contribution in [0, 0.1) is 18.6 Å². The summed E-state index contributed by atoms with van der Waals surface area (Å²) in [6.45, 7) is 2.34. The molecule has 1 aromatic carbocycles. The lowest BCUT2D eigenvalue weighted by Crippen LogP contribution is -2.18. The van der Waals surface area contributed by atoms with Crippen molar-refractivity contribution in [2.75, 3.05) is 0 Å². The van der Waals surface area contributed by atoms with Gasteiger partial charge >= 0.3 is 0 Å². The highest BCUT2D eigenvalue weighted by Gasteiger charge is 2.11. The predicted octanol–water partition coefficient (Wildman–Crippen LogP) is 2.17. The summed E-state index contributed by atoms with van der Waals surface area (Å²) in [5.74, 6) is -0.900. The standard InChI is InChI=1S/C12H13F2N3/c1-8-16-4-5-17(8)7-12(15)9-2-3-10(13)11(14)6-9/h2-6,12H,7,15H2,1H3. The number of nitrogens with two attached hydrogens (primary N) is 1. The van der Waals surface area contributed by atoms with Gasteiger partial charge in [-0.15, -0.1) is 0 Å². The van der Waals surface area contributed by atoms with Gasteiger partial charge in [0, 0.05) is 25.0 Å². The molecule has 0 aliphatic rings. The minimum Gasteiger partial charge on any atom is -0.333 e. The summed E-state index contributed by atoms with van der Waals surface area (Å²) in [5.41, 5.74) is 6.50. The fraction of sp³-hybridized carbons (Fsp3) is 0.250. The van der Waals surface area contributed by atoms with Gasteiger partial charge in [0.15, 0.2) is 11.6 Å². The van der Waals surface area contributed by atoms with Gasteiger partial charge in [-0.1, -0.05) is 6.07 Å². The number of hydrogen-bond donors (Lipinski definition) is 1. The molecule has 0 saturated heterocycles. The first-order valence-corrected chi connectivity index (χ1v) is 5.26. The largest absolute Gasteiger partial charge is 0.333 e. The molecule has 2 N–H and O–H groups in total. The Morgan fingerprint density at radius 2 is 2.12 bits per heavy atom. The Kier molecular flexibility index (Phi) is 3.19. The molecule has 2 aromatic rings. The fourth-order valence-corrected chi connectivity index (χ4v) is 1.66. The molecule has 0 saturated carbocycles. The van der Waals surface area contributed by atoms with Crippen LogP contribution in [0.3, 0.4) is 0 Å². The zero-order valence-corrected chi connectivity index (χ0v) is 9.40. The molecular weight excluding hydrogens is 224 g/mol. The third-order valence-electron chi connectivity index (χ3n) is 2.69. The summed E-state index contributed by atoms with van der Waals surface area (Å²) in [5, 5.41) is 0. The third-order valence-corrected chi connectivity index (χ3v) is 2.69. The molecule has 90 valence electrons. The van der Waals surface area contributed by atoms with E-state index >= 15 is 0 Å². The number of rotatable bonds is 3. The molecule has 0 fully saturated rings. The fourth-order valence-electron chi connectivity index (χ4n) is 1.66. The molecule has 1 atom stereocenters. The van der Waals surface area contributed by atoms with Crippen LogP contribution in [0.4, 0.5) is 8.78 Å². The normalized spacial score (nSPS) is 12.7. The second kappa shape index (κ2) is 4.63. The number of halogens is 2. The molecule has 5 heteroatoms. The number of benzene rings is 1. The van der Waals surface area contributed by atoms with E-state index in [0.717, 1.165) is 18.0 Å². The molecule has 0 aliphatic heterocycles. The van der Waals surface area contributed by atoms with Gasteiger partial charge in [-0.25, -0.2) is 13.8 Å². The first-order chi connectivity index (χ1) is 8.08. The topological polar surface area (TPSA) is 43.8 Å². The average Bonchev–Trinajstić information content (AvgIpc) is 2.68. The van der Waals surface area contributed by atoms with E-state index in [4.69, 9.17) is 5.73 Å². The summed E-state index contributed by atoms with van der Waals surface area (Å²) in [4.78, 5) is 4.07. The minimum absolute atomic E-state index is 0.391. The van der Waals surface area contributed by atoms with Gasteiger partial charge in [-0.05, 0) is 24.6 Å². The monoisotopic (exact) mass is 237 g/mol. The zero-order chi connectivity index (χ0) is 12.4. The summed E-state index contributed by atoms with van der Waals surface area (Å²) >= 11 is 0. The van der Waals surface area contributed by atoms with Gasteiger partial charge in [-0.3, -0.25) is 0 Å². The maximum Gasteiger partial charge on any atom is 0.159 e. The lowest BCUT2D eigenvalue weighted by Gasteiger charge is -2.14. The van der Waals surface area contributed by atoms with Crippen molar-refractivity contribution in [2.45, 2.75) is 19.5 Å². The first kappa shape index (κ1) is 11.7. The summed E-state index contributed by atoms with van der Waals surface area (Å²) < 4.78 is 27.7. The van der Waals surface area contributed by atoms with Gasteiger partial charge in [-0.2, -0.15) is 0 Å². The first-order valence-electron chi connectivity index (χ1n) is 5.26. The van der Waals surface area contributed by atoms with Crippen LogP contribution in [0.25, 0.3) is 0 Å². The quantitative estimate of drug-likeness (QED) is 0.889. The van der Waals surface area contributed by atoms with E-state index in [9.17, 15) is 8.78 Å². The SMILES string of the molecule is Cc1nccn1CC(N)c1ccc(F)c(F)c1. The molecule has 0 amide bonds. The number of aromatic nitrogens is 2. The second-order valence-electron chi connectivity index (χ2n) is 3.91. The predicted molar refractivity (Wildman–Crippen MR) is 60.3 cm³/mol. The molecule has 1 unspecified atom stereocenters. The molecule has 3 nitrogen and oxygen atoms in total. The Morgan fingerprint density at radius 3 is 2.71 bits per heavy atom. The van der Waals surface area contributed by atoms with Crippen molar-refractivity contribution in [1.29, 1.82) is 0 Å². The number of hydrogen-bond acceptors (Lipinski definition) is 2. The lowest BCUT2D eigenvalue weighted by atomic mass is 10.1. The lowest BCUT2D eigenvalue weighted by molar-refractivity contribution is 0.500. The summed E-state index contributed by atoms with van der Waals surface area (Å²) in [7, 11) is 0. The van der Waals surface area contributed by atoms with Crippen molar-refractivity contribution in [3.8, 4) is 0 Å². The summed E-state index contributed by atoms with van der Waals surface area (Å²) in [6.07, 6.45) is 3.47. The van der Waals surface area contributed by atoms with E-state index in [1.54, 1.807) is 12.4 Å². The van der Waals surface area contributed by atoms with Crippen LogP contribution in [0.15, 0.2) is 30.6 Å². The molecule has 0 aliphatic carbocycles. The molecule has 0 radical (unpaired) electrons. The molecule has 0 spiro atoms. The van der Waals surface area contributed by atoms with Crippen LogP contribution in [-0.2, 0) is 6.54 Å². The van der Waals surface area contributed by atoms with Crippen molar-refractivity contribution >= 4 is 0 Å². The van der Waals surface area contributed by atoms with E-state index < -0.39 is 17.7 Å². The smallest absolute Gasteiger partial charge is 0.159 e. The van der Waals surface area contributed by atoms with Crippen LogP contribution >= 0.6 is 0 Å². The van der Waals surface area contributed by atoms with Gasteiger partial charge in [0.1, 0.15) is 5.82 Å². The van der Waals surface area contributed by atoms with Crippen molar-refractivity contribution in [3.05, 3.63) is 53.6 Å². The third kappa shape index (κ3) is 2.50. The van der Waals surface area contributed by atoms with Crippen LogP contribution in [0.5, 0.6) is 0 Å². The van der Waals surface area contributed by atoms with Crippen LogP contribution in [0.1, 0.15) is 17.4 Å². The van der Waals surface area contributed by atoms with Crippen LogP contribution < -0.4 is 5.73 Å². The highest BCUT2D eigenvalue weighted by molar-refractivity contribution is 5.21. The van der Waals surface area contributed by atoms with Crippen molar-refractivity contribution < 1.29 is 8.78 Å². The maximum absolute atomic E-state index is 13.0. The maximum atomic E-state index is 13.0. The molecule has 1 heterocycles. The minimum atomic E-state index is -0.875. The average molecular weight is 237 g/mol. The number of aryl methyl sites for hydroxylation is 1. The molecule has 1 aromatic heterocycles. The highest BCUT2D eigenvalue weighted by Crippen LogP contribution is 2.16. The Labute approximate surface area is 97.9 Å². The molecular formula is C12H13F2N3. The van der Waals surface area contributed by atoms with Gasteiger partial charge in [0.2, 0.25) is 0 Å². The van der Waals surface area contributed by atoms with Crippen LogP contribution in [0.2, 0.25) is 0 Å². The Hall–Kier alpha value is -1.75. The zero-order valence-electron chi connectivity index (χ0n) is 9.40. The Balaban J connectivity index is 2.17. The second-order valence-corrected chi connectivity index (χ2v) is 3.91. The highest BCUT2D eigenvalue weighted by atomic mass is 19.2. The van der Waals surface area contributed by atoms with Gasteiger partial charge in [0.25, 0.3) is 0 Å². The van der Waals surface area contributed by atoms with Gasteiger partial charge < -0.3 is 10.3 Å². The van der Waals surface area contributed by atoms with E-state index in [-0.39, 0.29) is 0 Å². The van der Waals surface area contributed by atoms with Crippen LogP contribution in [-0.4, -0.2) is 9.55 Å². The Bertz CT molecular complexity index is 522. The van der Waals surface area contributed by atoms with E-state index in [1.165, 1.54) is 6.07 Å². The molecule has 2 rings (SSSR count). The Morgan fingerprint density at radius 1 is 1.35 bits per heavy atom. The summed E-state index contributed by atoms with van der Waals surface area (Å²) in [6, 6.07) is 3.32. The van der Waals surface area contributed by atoms with Gasteiger partial charge in [0.05, 0.1) is 0 Å². The van der Waals surface area contributed by atoms with E-state index in [1.807, 2.05) is 11.5 Å². The van der Waals surface area contributed by atoms with E-state index in [0.29, 0.717) is 12.1 Å². The molecule has 17 heavy (non-hydrogen) atoms.